The average molecular weight is 251 g/mol. The molecule has 0 bridgehead atoms. The van der Waals surface area contributed by atoms with Crippen LogP contribution < -0.4 is 0 Å². The van der Waals surface area contributed by atoms with Crippen molar-refractivity contribution in [2.24, 2.45) is 0 Å². The largest absolute Gasteiger partial charge is 0.298 e. The van der Waals surface area contributed by atoms with Gasteiger partial charge in [0.1, 0.15) is 5.15 Å². The topological polar surface area (TPSA) is 33.4 Å². The maximum absolute atomic E-state index is 6.09. The van der Waals surface area contributed by atoms with Crippen LogP contribution in [-0.2, 0) is 0 Å². The van der Waals surface area contributed by atoms with E-state index in [0.717, 1.165) is 24.3 Å². The van der Waals surface area contributed by atoms with Gasteiger partial charge in [0.15, 0.2) is 5.65 Å². The number of aromatic nitrogens is 3. The van der Waals surface area contributed by atoms with Crippen molar-refractivity contribution in [3.63, 3.8) is 0 Å². The summed E-state index contributed by atoms with van der Waals surface area (Å²) in [6.07, 6.45) is 5.43. The molecule has 0 aliphatic carbocycles. The normalized spacial score (nSPS) is 22.1. The molecule has 0 aromatic carbocycles. The molecule has 5 heteroatoms. The number of nitrogens with zero attached hydrogens (tertiary/aromatic N) is 4. The van der Waals surface area contributed by atoms with Crippen LogP contribution in [-0.4, -0.2) is 33.1 Å². The standard InChI is InChI=1S/C12H15ClN4/c1-16-7-3-2-4-10(16)9-8-12-14-6-5-11(13)17(12)15-9/h5-6,8,10H,2-4,7H2,1H3. The van der Waals surface area contributed by atoms with E-state index in [1.807, 2.05) is 6.07 Å². The van der Waals surface area contributed by atoms with Crippen molar-refractivity contribution in [3.05, 3.63) is 29.2 Å². The van der Waals surface area contributed by atoms with Crippen LogP contribution in [0, 0.1) is 0 Å². The van der Waals surface area contributed by atoms with Crippen molar-refractivity contribution in [2.45, 2.75) is 25.3 Å². The summed E-state index contributed by atoms with van der Waals surface area (Å²) >= 11 is 6.09. The average Bonchev–Trinajstić information content (AvgIpc) is 2.75. The first kappa shape index (κ1) is 11.0. The van der Waals surface area contributed by atoms with Gasteiger partial charge in [-0.2, -0.15) is 5.10 Å². The van der Waals surface area contributed by atoms with Gasteiger partial charge in [-0.15, -0.1) is 0 Å². The maximum Gasteiger partial charge on any atom is 0.156 e. The van der Waals surface area contributed by atoms with E-state index in [1.54, 1.807) is 16.8 Å². The number of hydrogen-bond donors (Lipinski definition) is 0. The number of halogens is 1. The van der Waals surface area contributed by atoms with E-state index < -0.39 is 0 Å². The van der Waals surface area contributed by atoms with Crippen LogP contribution in [0.15, 0.2) is 18.3 Å². The first-order valence-corrected chi connectivity index (χ1v) is 6.34. The third-order valence-electron chi connectivity index (χ3n) is 3.44. The minimum absolute atomic E-state index is 0.404. The highest BCUT2D eigenvalue weighted by Crippen LogP contribution is 2.29. The molecule has 0 spiro atoms. The summed E-state index contributed by atoms with van der Waals surface area (Å²) in [6, 6.07) is 4.20. The maximum atomic E-state index is 6.09. The molecular weight excluding hydrogens is 236 g/mol. The lowest BCUT2D eigenvalue weighted by Gasteiger charge is -2.30. The summed E-state index contributed by atoms with van der Waals surface area (Å²) in [5, 5.41) is 5.18. The van der Waals surface area contributed by atoms with Gasteiger partial charge in [0, 0.05) is 12.3 Å². The van der Waals surface area contributed by atoms with Crippen molar-refractivity contribution in [1.82, 2.24) is 19.5 Å². The lowest BCUT2D eigenvalue weighted by Crippen LogP contribution is -2.29. The van der Waals surface area contributed by atoms with E-state index in [-0.39, 0.29) is 0 Å². The van der Waals surface area contributed by atoms with Crippen LogP contribution >= 0.6 is 11.6 Å². The monoisotopic (exact) mass is 250 g/mol. The van der Waals surface area contributed by atoms with Crippen LogP contribution in [0.4, 0.5) is 0 Å². The van der Waals surface area contributed by atoms with E-state index >= 15 is 0 Å². The highest BCUT2D eigenvalue weighted by molar-refractivity contribution is 6.29. The zero-order chi connectivity index (χ0) is 11.8. The van der Waals surface area contributed by atoms with Gasteiger partial charge in [-0.3, -0.25) is 4.90 Å². The summed E-state index contributed by atoms with van der Waals surface area (Å²) < 4.78 is 1.71. The number of rotatable bonds is 1. The fourth-order valence-electron chi connectivity index (χ4n) is 2.50. The first-order valence-electron chi connectivity index (χ1n) is 5.96. The number of piperidine rings is 1. The molecule has 90 valence electrons. The zero-order valence-corrected chi connectivity index (χ0v) is 10.6. The summed E-state index contributed by atoms with van der Waals surface area (Å²) in [5.74, 6) is 0. The van der Waals surface area contributed by atoms with Gasteiger partial charge in [-0.1, -0.05) is 18.0 Å². The third-order valence-corrected chi connectivity index (χ3v) is 3.73. The predicted molar refractivity (Wildman–Crippen MR) is 67.2 cm³/mol. The van der Waals surface area contributed by atoms with Crippen LogP contribution in [0.1, 0.15) is 31.0 Å². The Morgan fingerprint density at radius 2 is 2.29 bits per heavy atom. The molecule has 0 saturated carbocycles. The molecule has 0 amide bonds. The Kier molecular flexibility index (Phi) is 2.76. The van der Waals surface area contributed by atoms with Crippen LogP contribution in [0.2, 0.25) is 5.15 Å². The molecule has 1 saturated heterocycles. The lowest BCUT2D eigenvalue weighted by atomic mass is 10.0. The number of hydrogen-bond acceptors (Lipinski definition) is 3. The highest BCUT2D eigenvalue weighted by atomic mass is 35.5. The SMILES string of the molecule is CN1CCCCC1c1cc2nccc(Cl)n2n1. The molecule has 17 heavy (non-hydrogen) atoms. The van der Waals surface area contributed by atoms with Gasteiger partial charge in [0.05, 0.1) is 11.7 Å². The van der Waals surface area contributed by atoms with Crippen molar-refractivity contribution in [2.75, 3.05) is 13.6 Å². The van der Waals surface area contributed by atoms with E-state index in [2.05, 4.69) is 22.0 Å². The predicted octanol–water partition coefficient (Wildman–Crippen LogP) is 2.54. The molecule has 3 rings (SSSR count). The molecule has 1 atom stereocenters. The molecule has 0 radical (unpaired) electrons. The smallest absolute Gasteiger partial charge is 0.156 e. The minimum Gasteiger partial charge on any atom is -0.298 e. The molecule has 0 N–H and O–H groups in total. The van der Waals surface area contributed by atoms with Gasteiger partial charge < -0.3 is 0 Å². The molecule has 1 aliphatic heterocycles. The van der Waals surface area contributed by atoms with Gasteiger partial charge >= 0.3 is 0 Å². The third kappa shape index (κ3) is 1.91. The second kappa shape index (κ2) is 4.27. The fraction of sp³-hybridized carbons (Fsp3) is 0.500. The molecule has 3 heterocycles. The van der Waals surface area contributed by atoms with Gasteiger partial charge in [-0.05, 0) is 32.5 Å². The molecule has 1 aliphatic rings. The molecule has 1 fully saturated rings. The van der Waals surface area contributed by atoms with Gasteiger partial charge in [-0.25, -0.2) is 9.50 Å². The van der Waals surface area contributed by atoms with Crippen molar-refractivity contribution < 1.29 is 0 Å². The van der Waals surface area contributed by atoms with E-state index in [1.165, 1.54) is 12.8 Å². The highest BCUT2D eigenvalue weighted by Gasteiger charge is 2.23. The Bertz CT molecular complexity index is 536. The lowest BCUT2D eigenvalue weighted by molar-refractivity contribution is 0.183. The van der Waals surface area contributed by atoms with Crippen molar-refractivity contribution in [1.29, 1.82) is 0 Å². The Labute approximate surface area is 105 Å². The Hall–Kier alpha value is -1.13. The van der Waals surface area contributed by atoms with Crippen molar-refractivity contribution in [3.8, 4) is 0 Å². The van der Waals surface area contributed by atoms with Crippen LogP contribution in [0.5, 0.6) is 0 Å². The first-order chi connectivity index (χ1) is 8.25. The van der Waals surface area contributed by atoms with Crippen LogP contribution in [0.25, 0.3) is 5.65 Å². The zero-order valence-electron chi connectivity index (χ0n) is 9.80. The van der Waals surface area contributed by atoms with Gasteiger partial charge in [0.25, 0.3) is 0 Å². The second-order valence-corrected chi connectivity index (χ2v) is 4.99. The van der Waals surface area contributed by atoms with Gasteiger partial charge in [0.2, 0.25) is 0 Å². The minimum atomic E-state index is 0.404. The van der Waals surface area contributed by atoms with Crippen LogP contribution in [0.3, 0.4) is 0 Å². The van der Waals surface area contributed by atoms with E-state index in [0.29, 0.717) is 11.2 Å². The molecule has 2 aromatic heterocycles. The quantitative estimate of drug-likeness (QED) is 0.730. The Morgan fingerprint density at radius 1 is 1.41 bits per heavy atom. The summed E-state index contributed by atoms with van der Waals surface area (Å²) in [4.78, 5) is 6.64. The van der Waals surface area contributed by atoms with E-state index in [4.69, 9.17) is 11.6 Å². The molecule has 1 unspecified atom stereocenters. The number of fused-ring (bicyclic) bond motifs is 1. The van der Waals surface area contributed by atoms with E-state index in [9.17, 15) is 0 Å². The second-order valence-electron chi connectivity index (χ2n) is 4.60. The molecule has 4 nitrogen and oxygen atoms in total. The summed E-state index contributed by atoms with van der Waals surface area (Å²) in [7, 11) is 2.16. The summed E-state index contributed by atoms with van der Waals surface area (Å²) in [5.41, 5.74) is 1.90. The summed E-state index contributed by atoms with van der Waals surface area (Å²) in [6.45, 7) is 1.14. The Morgan fingerprint density at radius 3 is 3.06 bits per heavy atom. The van der Waals surface area contributed by atoms with Crippen molar-refractivity contribution >= 4 is 17.2 Å². The fourth-order valence-corrected chi connectivity index (χ4v) is 2.68. The molecule has 2 aromatic rings. The molecular formula is C12H15ClN4. The Balaban J connectivity index is 2.02. The number of likely N-dealkylation sites (tertiary alicyclic amines) is 1.